The van der Waals surface area contributed by atoms with E-state index in [2.05, 4.69) is 18.7 Å². The van der Waals surface area contributed by atoms with Gasteiger partial charge in [0.1, 0.15) is 12.1 Å². The maximum absolute atomic E-state index is 13.4. The summed E-state index contributed by atoms with van der Waals surface area (Å²) >= 11 is 0. The Hall–Kier alpha value is -1.38. The van der Waals surface area contributed by atoms with Crippen LogP contribution in [0.1, 0.15) is 37.0 Å². The average molecular weight is 235 g/mol. The van der Waals surface area contributed by atoms with E-state index in [0.717, 1.165) is 31.0 Å². The van der Waals surface area contributed by atoms with Crippen molar-refractivity contribution in [2.24, 2.45) is 5.92 Å². The van der Waals surface area contributed by atoms with Gasteiger partial charge in [-0.1, -0.05) is 6.92 Å². The van der Waals surface area contributed by atoms with E-state index in [1.54, 1.807) is 6.07 Å². The van der Waals surface area contributed by atoms with Gasteiger partial charge in [-0.05, 0) is 43.9 Å². The number of rotatable bonds is 2. The van der Waals surface area contributed by atoms with E-state index < -0.39 is 0 Å². The van der Waals surface area contributed by atoms with Crippen LogP contribution in [0.4, 0.5) is 10.1 Å². The van der Waals surface area contributed by atoms with Gasteiger partial charge in [0.2, 0.25) is 0 Å². The first-order valence-corrected chi connectivity index (χ1v) is 6.12. The molecule has 1 aliphatic heterocycles. The number of piperidine rings is 1. The first kappa shape index (κ1) is 12.1. The largest absolute Gasteiger partial charge is 0.369 e. The molecule has 0 spiro atoms. The van der Waals surface area contributed by atoms with E-state index in [1.807, 2.05) is 0 Å². The molecule has 2 rings (SSSR count). The third-order valence-electron chi connectivity index (χ3n) is 3.51. The fourth-order valence-electron chi connectivity index (χ4n) is 2.62. The van der Waals surface area contributed by atoms with Crippen molar-refractivity contribution in [3.8, 4) is 0 Å². The molecule has 0 saturated carbocycles. The van der Waals surface area contributed by atoms with E-state index in [0.29, 0.717) is 17.9 Å². The molecule has 92 valence electrons. The normalized spacial score (nSPS) is 24.8. The third-order valence-corrected chi connectivity index (χ3v) is 3.51. The number of carbonyl (C=O) groups is 1. The van der Waals surface area contributed by atoms with Crippen LogP contribution in [0.5, 0.6) is 0 Å². The van der Waals surface area contributed by atoms with Crippen LogP contribution in [0.25, 0.3) is 0 Å². The summed E-state index contributed by atoms with van der Waals surface area (Å²) in [7, 11) is 0. The highest BCUT2D eigenvalue weighted by Crippen LogP contribution is 2.28. The van der Waals surface area contributed by atoms with Crippen molar-refractivity contribution in [3.63, 3.8) is 0 Å². The molecule has 0 aromatic heterocycles. The quantitative estimate of drug-likeness (QED) is 0.733. The van der Waals surface area contributed by atoms with Crippen LogP contribution in [-0.4, -0.2) is 18.9 Å². The molecule has 3 heteroatoms. The van der Waals surface area contributed by atoms with Crippen LogP contribution < -0.4 is 4.90 Å². The van der Waals surface area contributed by atoms with Gasteiger partial charge in [-0.25, -0.2) is 4.39 Å². The molecular formula is C14H18FNO. The molecule has 1 aromatic rings. The Balaban J connectivity index is 2.27. The average Bonchev–Trinajstić information content (AvgIpc) is 2.28. The van der Waals surface area contributed by atoms with Crippen LogP contribution in [0.2, 0.25) is 0 Å². The molecule has 17 heavy (non-hydrogen) atoms. The summed E-state index contributed by atoms with van der Waals surface area (Å²) < 4.78 is 13.4. The van der Waals surface area contributed by atoms with Gasteiger partial charge in [0.15, 0.2) is 0 Å². The number of halogens is 1. The van der Waals surface area contributed by atoms with Crippen LogP contribution in [0.3, 0.4) is 0 Å². The second-order valence-electron chi connectivity index (χ2n) is 5.03. The Morgan fingerprint density at radius 1 is 1.35 bits per heavy atom. The summed E-state index contributed by atoms with van der Waals surface area (Å²) in [6, 6.07) is 4.95. The Bertz CT molecular complexity index is 419. The number of aldehydes is 1. The molecule has 1 heterocycles. The lowest BCUT2D eigenvalue weighted by Gasteiger charge is -2.38. The summed E-state index contributed by atoms with van der Waals surface area (Å²) in [5.74, 6) is 0.385. The smallest absolute Gasteiger partial charge is 0.150 e. The van der Waals surface area contributed by atoms with Gasteiger partial charge in [0.25, 0.3) is 0 Å². The second-order valence-corrected chi connectivity index (χ2v) is 5.03. The Kier molecular flexibility index (Phi) is 3.46. The maximum Gasteiger partial charge on any atom is 0.150 e. The fraction of sp³-hybridized carbons (Fsp3) is 0.500. The minimum Gasteiger partial charge on any atom is -0.369 e. The van der Waals surface area contributed by atoms with Crippen LogP contribution in [0.15, 0.2) is 18.2 Å². The van der Waals surface area contributed by atoms with Crippen LogP contribution in [0, 0.1) is 11.7 Å². The van der Waals surface area contributed by atoms with E-state index in [-0.39, 0.29) is 5.82 Å². The topological polar surface area (TPSA) is 20.3 Å². The molecule has 0 radical (unpaired) electrons. The van der Waals surface area contributed by atoms with Crippen molar-refractivity contribution in [1.82, 2.24) is 0 Å². The molecule has 1 saturated heterocycles. The summed E-state index contributed by atoms with van der Waals surface area (Å²) in [6.07, 6.45) is 2.94. The fourth-order valence-corrected chi connectivity index (χ4v) is 2.62. The molecule has 1 aliphatic rings. The van der Waals surface area contributed by atoms with Gasteiger partial charge >= 0.3 is 0 Å². The van der Waals surface area contributed by atoms with Gasteiger partial charge in [-0.15, -0.1) is 0 Å². The van der Waals surface area contributed by atoms with E-state index in [4.69, 9.17) is 0 Å². The molecule has 2 unspecified atom stereocenters. The molecule has 0 bridgehead atoms. The highest BCUT2D eigenvalue weighted by Gasteiger charge is 2.23. The van der Waals surface area contributed by atoms with Crippen molar-refractivity contribution < 1.29 is 9.18 Å². The van der Waals surface area contributed by atoms with Crippen molar-refractivity contribution in [1.29, 1.82) is 0 Å². The minimum absolute atomic E-state index is 0.338. The number of carbonyl (C=O) groups excluding carboxylic acids is 1. The number of anilines is 1. The van der Waals surface area contributed by atoms with Gasteiger partial charge in [-0.2, -0.15) is 0 Å². The highest BCUT2D eigenvalue weighted by molar-refractivity contribution is 5.77. The molecule has 0 aliphatic carbocycles. The molecule has 2 nitrogen and oxygen atoms in total. The predicted octanol–water partition coefficient (Wildman–Crippen LogP) is 3.26. The number of hydrogen-bond donors (Lipinski definition) is 0. The van der Waals surface area contributed by atoms with Crippen molar-refractivity contribution in [2.45, 2.75) is 32.7 Å². The van der Waals surface area contributed by atoms with Crippen molar-refractivity contribution in [3.05, 3.63) is 29.6 Å². The number of benzene rings is 1. The van der Waals surface area contributed by atoms with Crippen LogP contribution >= 0.6 is 0 Å². The SMILES string of the molecule is CC1CCN(c2cc(F)cc(C=O)c2)C(C)C1. The summed E-state index contributed by atoms with van der Waals surface area (Å²) in [4.78, 5) is 12.9. The first-order chi connectivity index (χ1) is 8.10. The molecule has 1 aromatic carbocycles. The summed E-state index contributed by atoms with van der Waals surface area (Å²) in [6.45, 7) is 5.33. The van der Waals surface area contributed by atoms with E-state index in [9.17, 15) is 9.18 Å². The molecule has 1 fully saturated rings. The maximum atomic E-state index is 13.4. The summed E-state index contributed by atoms with van der Waals surface area (Å²) in [5.41, 5.74) is 1.23. The molecular weight excluding hydrogens is 217 g/mol. The lowest BCUT2D eigenvalue weighted by molar-refractivity contribution is 0.112. The second kappa shape index (κ2) is 4.86. The van der Waals surface area contributed by atoms with E-state index >= 15 is 0 Å². The Morgan fingerprint density at radius 2 is 2.12 bits per heavy atom. The van der Waals surface area contributed by atoms with Gasteiger partial charge in [0.05, 0.1) is 0 Å². The number of nitrogens with zero attached hydrogens (tertiary/aromatic N) is 1. The standard InChI is InChI=1S/C14H18FNO/c1-10-3-4-16(11(2)5-10)14-7-12(9-17)6-13(15)8-14/h6-11H,3-5H2,1-2H3. The molecule has 0 N–H and O–H groups in total. The molecule has 0 amide bonds. The summed E-state index contributed by atoms with van der Waals surface area (Å²) in [5, 5.41) is 0. The van der Waals surface area contributed by atoms with Crippen LogP contribution in [-0.2, 0) is 0 Å². The predicted molar refractivity (Wildman–Crippen MR) is 67.0 cm³/mol. The zero-order valence-electron chi connectivity index (χ0n) is 10.3. The highest BCUT2D eigenvalue weighted by atomic mass is 19.1. The zero-order chi connectivity index (χ0) is 12.4. The Morgan fingerprint density at radius 3 is 2.76 bits per heavy atom. The lowest BCUT2D eigenvalue weighted by atomic mass is 9.93. The first-order valence-electron chi connectivity index (χ1n) is 6.12. The van der Waals surface area contributed by atoms with Gasteiger partial charge in [0, 0.05) is 23.8 Å². The third kappa shape index (κ3) is 2.65. The Labute approximate surface area is 101 Å². The van der Waals surface area contributed by atoms with Gasteiger partial charge < -0.3 is 4.90 Å². The minimum atomic E-state index is -0.338. The number of hydrogen-bond acceptors (Lipinski definition) is 2. The zero-order valence-corrected chi connectivity index (χ0v) is 10.3. The monoisotopic (exact) mass is 235 g/mol. The van der Waals surface area contributed by atoms with E-state index in [1.165, 1.54) is 12.1 Å². The van der Waals surface area contributed by atoms with Gasteiger partial charge in [-0.3, -0.25) is 4.79 Å². The molecule has 2 atom stereocenters. The van der Waals surface area contributed by atoms with Crippen molar-refractivity contribution in [2.75, 3.05) is 11.4 Å². The van der Waals surface area contributed by atoms with Crippen molar-refractivity contribution >= 4 is 12.0 Å². The lowest BCUT2D eigenvalue weighted by Crippen LogP contribution is -2.40.